The van der Waals surface area contributed by atoms with Gasteiger partial charge in [0.15, 0.2) is 0 Å². The molecule has 30 heavy (non-hydrogen) atoms. The zero-order valence-corrected chi connectivity index (χ0v) is 16.9. The molecule has 0 unspecified atom stereocenters. The number of nitrogens with one attached hydrogen (secondary N) is 3. The van der Waals surface area contributed by atoms with Gasteiger partial charge < -0.3 is 20.9 Å². The maximum atomic E-state index is 13.8. The van der Waals surface area contributed by atoms with E-state index in [1.165, 1.54) is 12.1 Å². The topological polar surface area (TPSA) is 90.5 Å². The molecule has 3 rings (SSSR count). The van der Waals surface area contributed by atoms with Crippen molar-refractivity contribution in [3.05, 3.63) is 58.1 Å². The summed E-state index contributed by atoms with van der Waals surface area (Å²) in [7, 11) is 0. The van der Waals surface area contributed by atoms with Crippen molar-refractivity contribution in [2.75, 3.05) is 23.7 Å². The lowest BCUT2D eigenvalue weighted by molar-refractivity contribution is -0.130. The van der Waals surface area contributed by atoms with E-state index in [4.69, 9.17) is 23.2 Å². The van der Waals surface area contributed by atoms with E-state index in [1.807, 2.05) is 0 Å². The molecule has 7 nitrogen and oxygen atoms in total. The van der Waals surface area contributed by atoms with Crippen molar-refractivity contribution in [1.82, 2.24) is 10.2 Å². The highest BCUT2D eigenvalue weighted by Crippen LogP contribution is 2.26. The van der Waals surface area contributed by atoms with E-state index in [0.29, 0.717) is 11.1 Å². The molecule has 0 aromatic heterocycles. The van der Waals surface area contributed by atoms with Crippen LogP contribution in [0.15, 0.2) is 36.4 Å². The van der Waals surface area contributed by atoms with Gasteiger partial charge in [0, 0.05) is 24.2 Å². The van der Waals surface area contributed by atoms with Crippen LogP contribution < -0.4 is 16.0 Å². The molecule has 1 fully saturated rings. The summed E-state index contributed by atoms with van der Waals surface area (Å²) in [5.41, 5.74) is 0.0102. The number of benzene rings is 2. The van der Waals surface area contributed by atoms with E-state index < -0.39 is 35.5 Å². The van der Waals surface area contributed by atoms with Crippen LogP contribution in [-0.4, -0.2) is 41.9 Å². The third kappa shape index (κ3) is 5.17. The van der Waals surface area contributed by atoms with Crippen LogP contribution in [0.25, 0.3) is 0 Å². The number of hydrogen-bond acceptors (Lipinski definition) is 3. The van der Waals surface area contributed by atoms with Crippen molar-refractivity contribution in [2.45, 2.75) is 12.5 Å². The lowest BCUT2D eigenvalue weighted by Gasteiger charge is -2.34. The Morgan fingerprint density at radius 3 is 2.60 bits per heavy atom. The fourth-order valence-electron chi connectivity index (χ4n) is 2.91. The number of anilines is 2. The normalized spacial score (nSPS) is 16.1. The van der Waals surface area contributed by atoms with Gasteiger partial charge in [0.25, 0.3) is 0 Å². The molecule has 1 aliphatic rings. The van der Waals surface area contributed by atoms with Gasteiger partial charge in [-0.15, -0.1) is 0 Å². The zero-order chi connectivity index (χ0) is 21.8. The summed E-state index contributed by atoms with van der Waals surface area (Å²) in [4.78, 5) is 38.5. The van der Waals surface area contributed by atoms with Crippen LogP contribution in [-0.2, 0) is 9.59 Å². The predicted octanol–water partition coefficient (Wildman–Crippen LogP) is 3.63. The summed E-state index contributed by atoms with van der Waals surface area (Å²) in [5.74, 6) is -2.87. The van der Waals surface area contributed by atoms with Gasteiger partial charge in [-0.05, 0) is 30.3 Å². The molecule has 0 saturated carbocycles. The summed E-state index contributed by atoms with van der Waals surface area (Å²) in [5, 5.41) is 8.02. The third-order valence-corrected chi connectivity index (χ3v) is 4.91. The van der Waals surface area contributed by atoms with Crippen molar-refractivity contribution >= 4 is 52.4 Å². The first kappa shape index (κ1) is 21.8. The molecule has 11 heteroatoms. The Kier molecular flexibility index (Phi) is 6.73. The minimum absolute atomic E-state index is 0.0935. The summed E-state index contributed by atoms with van der Waals surface area (Å²) in [6, 6.07) is 5.24. The number of rotatable bonds is 4. The van der Waals surface area contributed by atoms with Crippen LogP contribution in [0.3, 0.4) is 0 Å². The van der Waals surface area contributed by atoms with Crippen molar-refractivity contribution in [3.63, 3.8) is 0 Å². The lowest BCUT2D eigenvalue weighted by atomic mass is 10.1. The highest BCUT2D eigenvalue weighted by atomic mass is 35.5. The molecule has 0 bridgehead atoms. The van der Waals surface area contributed by atoms with Crippen LogP contribution in [0.4, 0.5) is 25.0 Å². The van der Waals surface area contributed by atoms with Crippen molar-refractivity contribution in [1.29, 1.82) is 0 Å². The van der Waals surface area contributed by atoms with Gasteiger partial charge in [0.2, 0.25) is 11.8 Å². The van der Waals surface area contributed by atoms with E-state index in [1.54, 1.807) is 6.07 Å². The monoisotopic (exact) mass is 456 g/mol. The van der Waals surface area contributed by atoms with E-state index in [2.05, 4.69) is 16.0 Å². The van der Waals surface area contributed by atoms with Gasteiger partial charge in [-0.2, -0.15) is 0 Å². The van der Waals surface area contributed by atoms with Crippen molar-refractivity contribution in [3.8, 4) is 0 Å². The fourth-order valence-corrected chi connectivity index (χ4v) is 3.25. The van der Waals surface area contributed by atoms with Gasteiger partial charge in [-0.3, -0.25) is 9.59 Å². The molecule has 0 aliphatic carbocycles. The number of amides is 4. The maximum Gasteiger partial charge on any atom is 0.322 e. The second-order valence-electron chi connectivity index (χ2n) is 6.43. The smallest absolute Gasteiger partial charge is 0.322 e. The first-order valence-corrected chi connectivity index (χ1v) is 9.55. The molecule has 3 N–H and O–H groups in total. The van der Waals surface area contributed by atoms with E-state index in [9.17, 15) is 23.2 Å². The molecule has 1 atom stereocenters. The zero-order valence-electron chi connectivity index (χ0n) is 15.3. The van der Waals surface area contributed by atoms with E-state index >= 15 is 0 Å². The minimum Gasteiger partial charge on any atom is -0.353 e. The van der Waals surface area contributed by atoms with Crippen molar-refractivity contribution in [2.24, 2.45) is 0 Å². The Morgan fingerprint density at radius 1 is 1.10 bits per heavy atom. The standard InChI is InChI=1S/C19H16Cl2F2N4O3/c20-10-1-3-12(21)15(7-10)25-17(28)9-16-18(29)24-5-6-27(16)19(30)26-14-4-2-11(22)8-13(14)23/h1-4,7-8,16H,5-6,9H2,(H,24,29)(H,25,28)(H,26,30)/t16-/m1/s1. The summed E-state index contributed by atoms with van der Waals surface area (Å²) in [6.45, 7) is 0.257. The minimum atomic E-state index is -1.14. The summed E-state index contributed by atoms with van der Waals surface area (Å²) >= 11 is 11.9. The van der Waals surface area contributed by atoms with Gasteiger partial charge in [-0.25, -0.2) is 13.6 Å². The third-order valence-electron chi connectivity index (χ3n) is 4.35. The number of hydrogen-bond donors (Lipinski definition) is 3. The molecule has 0 radical (unpaired) electrons. The second kappa shape index (κ2) is 9.27. The molecular formula is C19H16Cl2F2N4O3. The highest BCUT2D eigenvalue weighted by Gasteiger charge is 2.35. The Hall–Kier alpha value is -2.91. The predicted molar refractivity (Wildman–Crippen MR) is 109 cm³/mol. The molecule has 1 heterocycles. The molecule has 1 aliphatic heterocycles. The van der Waals surface area contributed by atoms with Crippen LogP contribution in [0.1, 0.15) is 6.42 Å². The first-order chi connectivity index (χ1) is 14.2. The number of carbonyl (C=O) groups excluding carboxylic acids is 3. The number of carbonyl (C=O) groups is 3. The molecular weight excluding hydrogens is 441 g/mol. The molecule has 0 spiro atoms. The van der Waals surface area contributed by atoms with Crippen LogP contribution in [0, 0.1) is 11.6 Å². The number of halogens is 4. The largest absolute Gasteiger partial charge is 0.353 e. The Balaban J connectivity index is 1.72. The fraction of sp³-hybridized carbons (Fsp3) is 0.211. The number of nitrogens with zero attached hydrogens (tertiary/aromatic N) is 1. The summed E-state index contributed by atoms with van der Waals surface area (Å²) < 4.78 is 26.9. The van der Waals surface area contributed by atoms with Crippen LogP contribution in [0.2, 0.25) is 10.0 Å². The molecule has 4 amide bonds. The highest BCUT2D eigenvalue weighted by molar-refractivity contribution is 6.35. The number of urea groups is 1. The van der Waals surface area contributed by atoms with E-state index in [-0.39, 0.29) is 35.9 Å². The molecule has 2 aromatic rings. The molecule has 1 saturated heterocycles. The summed E-state index contributed by atoms with van der Waals surface area (Å²) in [6.07, 6.45) is -0.367. The van der Waals surface area contributed by atoms with E-state index in [0.717, 1.165) is 17.0 Å². The Labute approximate surface area is 180 Å². The average Bonchev–Trinajstić information content (AvgIpc) is 2.68. The SMILES string of the molecule is O=C(C[C@@H]1C(=O)NCCN1C(=O)Nc1ccc(F)cc1F)Nc1cc(Cl)ccc1Cl. The molecule has 2 aromatic carbocycles. The average molecular weight is 457 g/mol. The van der Waals surface area contributed by atoms with Crippen LogP contribution in [0.5, 0.6) is 0 Å². The number of piperazine rings is 1. The van der Waals surface area contributed by atoms with Crippen molar-refractivity contribution < 1.29 is 23.2 Å². The Morgan fingerprint density at radius 2 is 1.87 bits per heavy atom. The maximum absolute atomic E-state index is 13.8. The van der Waals surface area contributed by atoms with Gasteiger partial charge in [0.1, 0.15) is 17.7 Å². The van der Waals surface area contributed by atoms with Gasteiger partial charge in [0.05, 0.1) is 22.8 Å². The lowest BCUT2D eigenvalue weighted by Crippen LogP contribution is -2.59. The Bertz CT molecular complexity index is 1010. The molecule has 158 valence electrons. The van der Waals surface area contributed by atoms with Gasteiger partial charge >= 0.3 is 6.03 Å². The first-order valence-electron chi connectivity index (χ1n) is 8.80. The van der Waals surface area contributed by atoms with Crippen LogP contribution >= 0.6 is 23.2 Å². The second-order valence-corrected chi connectivity index (χ2v) is 7.27. The quantitative estimate of drug-likeness (QED) is 0.655. The van der Waals surface area contributed by atoms with Gasteiger partial charge in [-0.1, -0.05) is 23.2 Å².